The van der Waals surface area contributed by atoms with Crippen LogP contribution in [0.3, 0.4) is 0 Å². The van der Waals surface area contributed by atoms with E-state index in [4.69, 9.17) is 9.47 Å². The molecule has 3 rings (SSSR count). The topological polar surface area (TPSA) is 84.9 Å². The fourth-order valence-corrected chi connectivity index (χ4v) is 4.54. The number of benzene rings is 2. The Morgan fingerprint density at radius 1 is 1.13 bits per heavy atom. The molecule has 0 atom stereocenters. The number of rotatable bonds is 8. The molecule has 30 heavy (non-hydrogen) atoms. The fraction of sp³-hybridized carbons (Fsp3) is 0.409. The Kier molecular flexibility index (Phi) is 6.67. The minimum atomic E-state index is -3.71. The molecule has 0 radical (unpaired) electrons. The van der Waals surface area contributed by atoms with E-state index >= 15 is 0 Å². The summed E-state index contributed by atoms with van der Waals surface area (Å²) in [5.41, 5.74) is 2.27. The van der Waals surface area contributed by atoms with E-state index < -0.39 is 10.0 Å². The van der Waals surface area contributed by atoms with Gasteiger partial charge in [-0.05, 0) is 68.7 Å². The standard InChI is InChI=1S/C22H28N2O5S/c1-15(2)29-20-10-7-17(13-21(20)28-4)14-23-30(26,27)18-8-9-19(16(3)12-18)24-11-5-6-22(24)25/h7-10,12-13,15,23H,5-6,11,14H2,1-4H3. The quantitative estimate of drug-likeness (QED) is 0.691. The molecule has 0 aliphatic carbocycles. The molecule has 1 saturated heterocycles. The highest BCUT2D eigenvalue weighted by Gasteiger charge is 2.24. The second-order valence-electron chi connectivity index (χ2n) is 7.57. The number of carbonyl (C=O) groups is 1. The van der Waals surface area contributed by atoms with Gasteiger partial charge >= 0.3 is 0 Å². The predicted octanol–water partition coefficient (Wildman–Crippen LogP) is 3.40. The molecule has 162 valence electrons. The van der Waals surface area contributed by atoms with E-state index in [0.717, 1.165) is 23.2 Å². The van der Waals surface area contributed by atoms with E-state index in [-0.39, 0.29) is 23.5 Å². The van der Waals surface area contributed by atoms with Crippen LogP contribution in [-0.2, 0) is 21.4 Å². The molecule has 0 spiro atoms. The Bertz CT molecular complexity index is 1030. The lowest BCUT2D eigenvalue weighted by atomic mass is 10.2. The van der Waals surface area contributed by atoms with Crippen molar-refractivity contribution < 1.29 is 22.7 Å². The lowest BCUT2D eigenvalue weighted by Crippen LogP contribution is -2.26. The summed E-state index contributed by atoms with van der Waals surface area (Å²) in [4.78, 5) is 13.9. The minimum Gasteiger partial charge on any atom is -0.493 e. The van der Waals surface area contributed by atoms with Gasteiger partial charge in [-0.15, -0.1) is 0 Å². The number of anilines is 1. The lowest BCUT2D eigenvalue weighted by molar-refractivity contribution is -0.117. The van der Waals surface area contributed by atoms with Crippen molar-refractivity contribution in [3.63, 3.8) is 0 Å². The normalized spacial score (nSPS) is 14.4. The van der Waals surface area contributed by atoms with Crippen LogP contribution in [0.15, 0.2) is 41.3 Å². The van der Waals surface area contributed by atoms with E-state index in [1.807, 2.05) is 20.8 Å². The second-order valence-corrected chi connectivity index (χ2v) is 9.34. The van der Waals surface area contributed by atoms with Crippen LogP contribution >= 0.6 is 0 Å². The van der Waals surface area contributed by atoms with E-state index in [9.17, 15) is 13.2 Å². The molecule has 8 heteroatoms. The summed E-state index contributed by atoms with van der Waals surface area (Å²) in [6, 6.07) is 10.2. The first-order valence-electron chi connectivity index (χ1n) is 9.95. The van der Waals surface area contributed by atoms with Crippen molar-refractivity contribution in [3.05, 3.63) is 47.5 Å². The third kappa shape index (κ3) is 4.94. The van der Waals surface area contributed by atoms with Crippen molar-refractivity contribution in [2.75, 3.05) is 18.6 Å². The first-order valence-corrected chi connectivity index (χ1v) is 11.4. The molecule has 1 aliphatic rings. The molecule has 1 heterocycles. The van der Waals surface area contributed by atoms with Crippen molar-refractivity contribution in [3.8, 4) is 11.5 Å². The molecule has 0 bridgehead atoms. The lowest BCUT2D eigenvalue weighted by Gasteiger charge is -2.19. The highest BCUT2D eigenvalue weighted by Crippen LogP contribution is 2.30. The van der Waals surface area contributed by atoms with E-state index in [1.165, 1.54) is 6.07 Å². The number of nitrogens with zero attached hydrogens (tertiary/aromatic N) is 1. The maximum atomic E-state index is 12.8. The third-order valence-corrected chi connectivity index (χ3v) is 6.30. The maximum absolute atomic E-state index is 12.8. The van der Waals surface area contributed by atoms with Gasteiger partial charge in [0.2, 0.25) is 15.9 Å². The second kappa shape index (κ2) is 9.06. The van der Waals surface area contributed by atoms with Crippen LogP contribution in [0.1, 0.15) is 37.8 Å². The van der Waals surface area contributed by atoms with Gasteiger partial charge in [0.25, 0.3) is 0 Å². The van der Waals surface area contributed by atoms with Crippen molar-refractivity contribution in [2.24, 2.45) is 0 Å². The van der Waals surface area contributed by atoms with Gasteiger partial charge in [0.1, 0.15) is 0 Å². The van der Waals surface area contributed by atoms with Gasteiger partial charge in [-0.2, -0.15) is 0 Å². The molecule has 1 amide bonds. The third-order valence-electron chi connectivity index (χ3n) is 4.90. The summed E-state index contributed by atoms with van der Waals surface area (Å²) < 4.78 is 39.2. The zero-order valence-electron chi connectivity index (χ0n) is 17.8. The molecule has 1 aliphatic heterocycles. The summed E-state index contributed by atoms with van der Waals surface area (Å²) >= 11 is 0. The summed E-state index contributed by atoms with van der Waals surface area (Å²) in [5.74, 6) is 1.24. The van der Waals surface area contributed by atoms with Gasteiger partial charge in [-0.3, -0.25) is 4.79 Å². The first kappa shape index (κ1) is 22.1. The molecule has 2 aromatic rings. The smallest absolute Gasteiger partial charge is 0.240 e. The number of carbonyl (C=O) groups excluding carboxylic acids is 1. The molecule has 1 fully saturated rings. The average molecular weight is 433 g/mol. The zero-order chi connectivity index (χ0) is 21.9. The maximum Gasteiger partial charge on any atom is 0.240 e. The van der Waals surface area contributed by atoms with Crippen LogP contribution in [-0.4, -0.2) is 34.1 Å². The summed E-state index contributed by atoms with van der Waals surface area (Å²) in [7, 11) is -2.16. The highest BCUT2D eigenvalue weighted by molar-refractivity contribution is 7.89. The van der Waals surface area contributed by atoms with Crippen LogP contribution in [0.4, 0.5) is 5.69 Å². The van der Waals surface area contributed by atoms with Gasteiger partial charge in [0.05, 0.1) is 18.1 Å². The SMILES string of the molecule is COc1cc(CNS(=O)(=O)c2ccc(N3CCCC3=O)c(C)c2)ccc1OC(C)C. The van der Waals surface area contributed by atoms with E-state index in [2.05, 4.69) is 4.72 Å². The van der Waals surface area contributed by atoms with E-state index in [0.29, 0.717) is 24.5 Å². The van der Waals surface area contributed by atoms with Crippen LogP contribution in [0, 0.1) is 6.92 Å². The highest BCUT2D eigenvalue weighted by atomic mass is 32.2. The van der Waals surface area contributed by atoms with Gasteiger partial charge in [0, 0.05) is 25.2 Å². The van der Waals surface area contributed by atoms with Crippen LogP contribution in [0.5, 0.6) is 11.5 Å². The van der Waals surface area contributed by atoms with Crippen molar-refractivity contribution in [1.82, 2.24) is 4.72 Å². The number of ether oxygens (including phenoxy) is 2. The number of methoxy groups -OCH3 is 1. The number of hydrogen-bond acceptors (Lipinski definition) is 5. The Hall–Kier alpha value is -2.58. The molecule has 2 aromatic carbocycles. The first-order chi connectivity index (χ1) is 14.2. The molecule has 0 aromatic heterocycles. The molecule has 0 saturated carbocycles. The fourth-order valence-electron chi connectivity index (χ4n) is 3.44. The summed E-state index contributed by atoms with van der Waals surface area (Å²) in [6.45, 7) is 6.45. The molecule has 1 N–H and O–H groups in total. The molecular weight excluding hydrogens is 404 g/mol. The van der Waals surface area contributed by atoms with Crippen molar-refractivity contribution >= 4 is 21.6 Å². The number of amides is 1. The van der Waals surface area contributed by atoms with Gasteiger partial charge in [0.15, 0.2) is 11.5 Å². The Morgan fingerprint density at radius 2 is 1.90 bits per heavy atom. The number of hydrogen-bond donors (Lipinski definition) is 1. The van der Waals surface area contributed by atoms with Crippen LogP contribution < -0.4 is 19.1 Å². The van der Waals surface area contributed by atoms with E-state index in [1.54, 1.807) is 42.3 Å². The van der Waals surface area contributed by atoms with Crippen LogP contribution in [0.25, 0.3) is 0 Å². The minimum absolute atomic E-state index is 0.00492. The monoisotopic (exact) mass is 432 g/mol. The molecular formula is C22H28N2O5S. The average Bonchev–Trinajstić information content (AvgIpc) is 3.12. The molecule has 0 unspecified atom stereocenters. The number of nitrogens with one attached hydrogen (secondary N) is 1. The van der Waals surface area contributed by atoms with Crippen LogP contribution in [0.2, 0.25) is 0 Å². The van der Waals surface area contributed by atoms with Gasteiger partial charge < -0.3 is 14.4 Å². The Balaban J connectivity index is 1.74. The Morgan fingerprint density at radius 3 is 2.50 bits per heavy atom. The van der Waals surface area contributed by atoms with Gasteiger partial charge in [-0.25, -0.2) is 13.1 Å². The van der Waals surface area contributed by atoms with Crippen molar-refractivity contribution in [1.29, 1.82) is 0 Å². The predicted molar refractivity (Wildman–Crippen MR) is 116 cm³/mol. The number of aryl methyl sites for hydroxylation is 1. The number of sulfonamides is 1. The Labute approximate surface area is 178 Å². The summed E-state index contributed by atoms with van der Waals surface area (Å²) in [5, 5.41) is 0. The summed E-state index contributed by atoms with van der Waals surface area (Å²) in [6.07, 6.45) is 1.36. The zero-order valence-corrected chi connectivity index (χ0v) is 18.6. The largest absolute Gasteiger partial charge is 0.493 e. The molecule has 7 nitrogen and oxygen atoms in total. The van der Waals surface area contributed by atoms with Crippen molar-refractivity contribution in [2.45, 2.75) is 51.2 Å². The van der Waals surface area contributed by atoms with Gasteiger partial charge in [-0.1, -0.05) is 6.07 Å².